The molecule has 130 valence electrons. The lowest BCUT2D eigenvalue weighted by molar-refractivity contribution is 0.0734. The van der Waals surface area contributed by atoms with Crippen LogP contribution in [-0.4, -0.2) is 39.3 Å². The maximum atomic E-state index is 10.4. The van der Waals surface area contributed by atoms with Gasteiger partial charge in [0.1, 0.15) is 12.1 Å². The summed E-state index contributed by atoms with van der Waals surface area (Å²) in [5.74, 6) is 1.93. The van der Waals surface area contributed by atoms with E-state index >= 15 is 0 Å². The molecule has 1 aliphatic heterocycles. The Morgan fingerprint density at radius 2 is 1.92 bits per heavy atom. The van der Waals surface area contributed by atoms with Gasteiger partial charge in [-0.3, -0.25) is 0 Å². The van der Waals surface area contributed by atoms with E-state index < -0.39 is 0 Å². The lowest BCUT2D eigenvalue weighted by atomic mass is 9.87. The molecule has 3 rings (SSSR count). The van der Waals surface area contributed by atoms with E-state index in [9.17, 15) is 5.11 Å². The van der Waals surface area contributed by atoms with Crippen LogP contribution < -0.4 is 4.90 Å². The first kappa shape index (κ1) is 17.1. The standard InChI is InChI=1S/C19H28N4O/c1-12(2)9-16(24)15-5-7-23(8-6-15)19-17-13(3)10-14(4)22-18(17)20-11-21-19/h10-12,15-16,24H,5-9H2,1-4H3/t16-/m1/s1. The first-order chi connectivity index (χ1) is 11.5. The zero-order valence-electron chi connectivity index (χ0n) is 15.2. The summed E-state index contributed by atoms with van der Waals surface area (Å²) < 4.78 is 0. The summed E-state index contributed by atoms with van der Waals surface area (Å²) in [6.45, 7) is 10.3. The summed E-state index contributed by atoms with van der Waals surface area (Å²) in [5, 5.41) is 11.5. The molecule has 2 aromatic heterocycles. The third kappa shape index (κ3) is 3.51. The van der Waals surface area contributed by atoms with Gasteiger partial charge in [0.05, 0.1) is 11.5 Å². The van der Waals surface area contributed by atoms with Gasteiger partial charge in [-0.05, 0) is 56.6 Å². The largest absolute Gasteiger partial charge is 0.393 e. The Bertz CT molecular complexity index is 708. The van der Waals surface area contributed by atoms with Gasteiger partial charge in [-0.25, -0.2) is 15.0 Å². The lowest BCUT2D eigenvalue weighted by Gasteiger charge is -2.35. The van der Waals surface area contributed by atoms with E-state index in [0.717, 1.165) is 54.9 Å². The van der Waals surface area contributed by atoms with Gasteiger partial charge < -0.3 is 10.0 Å². The average molecular weight is 328 g/mol. The number of fused-ring (bicyclic) bond motifs is 1. The van der Waals surface area contributed by atoms with Crippen LogP contribution in [0.1, 0.15) is 44.4 Å². The highest BCUT2D eigenvalue weighted by Gasteiger charge is 2.27. The highest BCUT2D eigenvalue weighted by atomic mass is 16.3. The fraction of sp³-hybridized carbons (Fsp3) is 0.632. The maximum Gasteiger partial charge on any atom is 0.165 e. The lowest BCUT2D eigenvalue weighted by Crippen LogP contribution is -2.38. The second-order valence-electron chi connectivity index (χ2n) is 7.50. The van der Waals surface area contributed by atoms with E-state index in [0.29, 0.717) is 11.8 Å². The third-order valence-electron chi connectivity index (χ3n) is 5.01. The van der Waals surface area contributed by atoms with Crippen molar-refractivity contribution >= 4 is 16.9 Å². The molecule has 2 aromatic rings. The molecule has 1 aliphatic rings. The number of aliphatic hydroxyl groups is 1. The number of aryl methyl sites for hydroxylation is 2. The van der Waals surface area contributed by atoms with Crippen LogP contribution in [0.25, 0.3) is 11.0 Å². The molecule has 0 amide bonds. The SMILES string of the molecule is Cc1cc(C)c2c(N3CCC([C@H](O)CC(C)C)CC3)ncnc2n1. The topological polar surface area (TPSA) is 62.1 Å². The van der Waals surface area contributed by atoms with Crippen LogP contribution in [-0.2, 0) is 0 Å². The molecule has 1 fully saturated rings. The predicted molar refractivity (Wildman–Crippen MR) is 97.2 cm³/mol. The molecule has 1 saturated heterocycles. The molecule has 5 nitrogen and oxygen atoms in total. The molecule has 0 unspecified atom stereocenters. The molecule has 0 saturated carbocycles. The van der Waals surface area contributed by atoms with Gasteiger partial charge in [0.15, 0.2) is 5.65 Å². The summed E-state index contributed by atoms with van der Waals surface area (Å²) in [6, 6.07) is 2.09. The fourth-order valence-electron chi connectivity index (χ4n) is 3.80. The fourth-order valence-corrected chi connectivity index (χ4v) is 3.80. The Balaban J connectivity index is 1.79. The Labute approximate surface area is 144 Å². The number of anilines is 1. The summed E-state index contributed by atoms with van der Waals surface area (Å²) in [5.41, 5.74) is 2.94. The Hall–Kier alpha value is -1.75. The van der Waals surface area contributed by atoms with Crippen molar-refractivity contribution in [3.63, 3.8) is 0 Å². The molecule has 0 aromatic carbocycles. The minimum absolute atomic E-state index is 0.180. The molecule has 24 heavy (non-hydrogen) atoms. The molecule has 0 aliphatic carbocycles. The summed E-state index contributed by atoms with van der Waals surface area (Å²) in [6.07, 6.45) is 4.35. The van der Waals surface area contributed by atoms with Crippen molar-refractivity contribution in [3.8, 4) is 0 Å². The maximum absolute atomic E-state index is 10.4. The zero-order valence-corrected chi connectivity index (χ0v) is 15.2. The molecule has 5 heteroatoms. The molecular weight excluding hydrogens is 300 g/mol. The van der Waals surface area contributed by atoms with Crippen LogP contribution in [0.3, 0.4) is 0 Å². The Kier molecular flexibility index (Phi) is 4.99. The van der Waals surface area contributed by atoms with Gasteiger partial charge in [-0.15, -0.1) is 0 Å². The van der Waals surface area contributed by atoms with Crippen molar-refractivity contribution in [2.45, 2.75) is 53.1 Å². The third-order valence-corrected chi connectivity index (χ3v) is 5.01. The zero-order chi connectivity index (χ0) is 17.3. The number of hydrogen-bond donors (Lipinski definition) is 1. The normalized spacial score (nSPS) is 17.7. The van der Waals surface area contributed by atoms with Crippen molar-refractivity contribution in [1.82, 2.24) is 15.0 Å². The molecule has 3 heterocycles. The van der Waals surface area contributed by atoms with E-state index in [1.807, 2.05) is 6.92 Å². The van der Waals surface area contributed by atoms with Gasteiger partial charge in [0.2, 0.25) is 0 Å². The van der Waals surface area contributed by atoms with Crippen molar-refractivity contribution in [2.75, 3.05) is 18.0 Å². The molecular formula is C19H28N4O. The van der Waals surface area contributed by atoms with E-state index in [1.54, 1.807) is 6.33 Å². The van der Waals surface area contributed by atoms with Crippen molar-refractivity contribution < 1.29 is 5.11 Å². The number of piperidine rings is 1. The average Bonchev–Trinajstić information content (AvgIpc) is 2.53. The van der Waals surface area contributed by atoms with E-state index in [4.69, 9.17) is 0 Å². The Morgan fingerprint density at radius 3 is 2.58 bits per heavy atom. The highest BCUT2D eigenvalue weighted by Crippen LogP contribution is 2.31. The number of hydrogen-bond acceptors (Lipinski definition) is 5. The van der Waals surface area contributed by atoms with Crippen molar-refractivity contribution in [2.24, 2.45) is 11.8 Å². The van der Waals surface area contributed by atoms with Gasteiger partial charge in [-0.2, -0.15) is 0 Å². The minimum atomic E-state index is -0.180. The first-order valence-corrected chi connectivity index (χ1v) is 8.97. The molecule has 1 atom stereocenters. The van der Waals surface area contributed by atoms with E-state index in [2.05, 4.69) is 46.7 Å². The monoisotopic (exact) mass is 328 g/mol. The van der Waals surface area contributed by atoms with Gasteiger partial charge in [-0.1, -0.05) is 13.8 Å². The Morgan fingerprint density at radius 1 is 1.21 bits per heavy atom. The smallest absolute Gasteiger partial charge is 0.165 e. The highest BCUT2D eigenvalue weighted by molar-refractivity contribution is 5.90. The van der Waals surface area contributed by atoms with Crippen LogP contribution in [0.2, 0.25) is 0 Å². The van der Waals surface area contributed by atoms with Crippen molar-refractivity contribution in [1.29, 1.82) is 0 Å². The number of aliphatic hydroxyl groups excluding tert-OH is 1. The van der Waals surface area contributed by atoms with Crippen LogP contribution in [0.15, 0.2) is 12.4 Å². The van der Waals surface area contributed by atoms with Gasteiger partial charge in [0.25, 0.3) is 0 Å². The second-order valence-corrected chi connectivity index (χ2v) is 7.50. The molecule has 0 bridgehead atoms. The second kappa shape index (κ2) is 7.01. The summed E-state index contributed by atoms with van der Waals surface area (Å²) in [7, 11) is 0. The van der Waals surface area contributed by atoms with Gasteiger partial charge >= 0.3 is 0 Å². The quantitative estimate of drug-likeness (QED) is 0.933. The van der Waals surface area contributed by atoms with Crippen molar-refractivity contribution in [3.05, 3.63) is 23.7 Å². The van der Waals surface area contributed by atoms with Crippen LogP contribution in [0.4, 0.5) is 5.82 Å². The van der Waals surface area contributed by atoms with Crippen LogP contribution in [0, 0.1) is 25.7 Å². The van der Waals surface area contributed by atoms with Crippen LogP contribution >= 0.6 is 0 Å². The number of rotatable bonds is 4. The van der Waals surface area contributed by atoms with Gasteiger partial charge in [0, 0.05) is 18.8 Å². The minimum Gasteiger partial charge on any atom is -0.393 e. The van der Waals surface area contributed by atoms with Crippen LogP contribution in [0.5, 0.6) is 0 Å². The predicted octanol–water partition coefficient (Wildman–Crippen LogP) is 3.27. The number of aromatic nitrogens is 3. The summed E-state index contributed by atoms with van der Waals surface area (Å²) in [4.78, 5) is 15.8. The summed E-state index contributed by atoms with van der Waals surface area (Å²) >= 11 is 0. The number of nitrogens with zero attached hydrogens (tertiary/aromatic N) is 4. The van der Waals surface area contributed by atoms with E-state index in [1.165, 1.54) is 5.56 Å². The molecule has 1 N–H and O–H groups in total. The number of pyridine rings is 1. The first-order valence-electron chi connectivity index (χ1n) is 8.97. The molecule has 0 spiro atoms. The molecule has 0 radical (unpaired) electrons. The van der Waals surface area contributed by atoms with E-state index in [-0.39, 0.29) is 6.10 Å².